The van der Waals surface area contributed by atoms with Gasteiger partial charge in [0.15, 0.2) is 0 Å². The maximum atomic E-state index is 12.3. The lowest BCUT2D eigenvalue weighted by atomic mass is 9.80. The number of piperidine rings is 1. The van der Waals surface area contributed by atoms with Crippen LogP contribution in [0.1, 0.15) is 26.7 Å². The number of nitrogens with zero attached hydrogens (tertiary/aromatic N) is 1. The molecule has 1 heterocycles. The molecule has 0 aromatic heterocycles. The van der Waals surface area contributed by atoms with Gasteiger partial charge in [0, 0.05) is 25.6 Å². The van der Waals surface area contributed by atoms with Crippen molar-refractivity contribution in [2.45, 2.75) is 26.7 Å². The van der Waals surface area contributed by atoms with Crippen molar-refractivity contribution in [3.8, 4) is 0 Å². The average molecular weight is 228 g/mol. The van der Waals surface area contributed by atoms with E-state index in [-0.39, 0.29) is 11.3 Å². The summed E-state index contributed by atoms with van der Waals surface area (Å²) in [5.74, 6) is 0.258. The summed E-state index contributed by atoms with van der Waals surface area (Å²) in [6.45, 7) is 7.97. The molecule has 0 aromatic rings. The molecule has 1 N–H and O–H groups in total. The summed E-state index contributed by atoms with van der Waals surface area (Å²) in [6, 6.07) is 0. The fourth-order valence-electron chi connectivity index (χ4n) is 2.10. The fraction of sp³-hybridized carbons (Fsp3) is 0.917. The van der Waals surface area contributed by atoms with Gasteiger partial charge in [0.2, 0.25) is 5.91 Å². The Morgan fingerprint density at radius 3 is 2.62 bits per heavy atom. The van der Waals surface area contributed by atoms with Crippen molar-refractivity contribution in [3.63, 3.8) is 0 Å². The molecule has 4 heteroatoms. The van der Waals surface area contributed by atoms with Crippen LogP contribution in [0.5, 0.6) is 0 Å². The Balaban J connectivity index is 2.41. The first-order valence-corrected chi connectivity index (χ1v) is 6.14. The standard InChI is InChI=1S/C12H24N2O2/c1-4-16-10-9-14(3)11(15)12(2)5-7-13-8-6-12/h13H,4-10H2,1-3H3. The Morgan fingerprint density at radius 1 is 1.44 bits per heavy atom. The maximum absolute atomic E-state index is 12.3. The number of rotatable bonds is 5. The van der Waals surface area contributed by atoms with Crippen LogP contribution in [0, 0.1) is 5.41 Å². The topological polar surface area (TPSA) is 41.6 Å². The van der Waals surface area contributed by atoms with Crippen LogP contribution in [-0.2, 0) is 9.53 Å². The molecule has 0 radical (unpaired) electrons. The summed E-state index contributed by atoms with van der Waals surface area (Å²) in [5.41, 5.74) is -0.174. The van der Waals surface area contributed by atoms with Gasteiger partial charge in [-0.1, -0.05) is 6.92 Å². The summed E-state index contributed by atoms with van der Waals surface area (Å²) < 4.78 is 5.27. The minimum absolute atomic E-state index is 0.174. The zero-order valence-corrected chi connectivity index (χ0v) is 10.7. The van der Waals surface area contributed by atoms with Gasteiger partial charge in [-0.2, -0.15) is 0 Å². The van der Waals surface area contributed by atoms with E-state index >= 15 is 0 Å². The second-order valence-corrected chi connectivity index (χ2v) is 4.73. The van der Waals surface area contributed by atoms with E-state index in [1.807, 2.05) is 14.0 Å². The largest absolute Gasteiger partial charge is 0.380 e. The molecule has 4 nitrogen and oxygen atoms in total. The number of nitrogens with one attached hydrogen (secondary N) is 1. The SMILES string of the molecule is CCOCCN(C)C(=O)C1(C)CCNCC1. The van der Waals surface area contributed by atoms with Gasteiger partial charge < -0.3 is 15.0 Å². The summed E-state index contributed by atoms with van der Waals surface area (Å²) in [4.78, 5) is 14.1. The van der Waals surface area contributed by atoms with Crippen molar-refractivity contribution in [2.24, 2.45) is 5.41 Å². The van der Waals surface area contributed by atoms with E-state index in [0.29, 0.717) is 19.8 Å². The second-order valence-electron chi connectivity index (χ2n) is 4.73. The quantitative estimate of drug-likeness (QED) is 0.710. The van der Waals surface area contributed by atoms with Gasteiger partial charge in [-0.15, -0.1) is 0 Å². The zero-order valence-electron chi connectivity index (χ0n) is 10.7. The summed E-state index contributed by atoms with van der Waals surface area (Å²) >= 11 is 0. The predicted molar refractivity (Wildman–Crippen MR) is 64.3 cm³/mol. The van der Waals surface area contributed by atoms with Gasteiger partial charge in [-0.3, -0.25) is 4.79 Å². The molecule has 0 aromatic carbocycles. The molecule has 0 unspecified atom stereocenters. The van der Waals surface area contributed by atoms with Gasteiger partial charge in [-0.05, 0) is 32.9 Å². The van der Waals surface area contributed by atoms with E-state index in [1.165, 1.54) is 0 Å². The van der Waals surface area contributed by atoms with Crippen LogP contribution in [-0.4, -0.2) is 50.7 Å². The zero-order chi connectivity index (χ0) is 12.0. The number of carbonyl (C=O) groups is 1. The number of ether oxygens (including phenoxy) is 1. The molecule has 0 saturated carbocycles. The highest BCUT2D eigenvalue weighted by molar-refractivity contribution is 5.82. The van der Waals surface area contributed by atoms with E-state index in [2.05, 4.69) is 12.2 Å². The van der Waals surface area contributed by atoms with Crippen LogP contribution in [0.15, 0.2) is 0 Å². The van der Waals surface area contributed by atoms with Crippen molar-refractivity contribution < 1.29 is 9.53 Å². The molecule has 1 saturated heterocycles. The number of amides is 1. The lowest BCUT2D eigenvalue weighted by Gasteiger charge is -2.35. The van der Waals surface area contributed by atoms with Crippen molar-refractivity contribution in [3.05, 3.63) is 0 Å². The average Bonchev–Trinajstić information content (AvgIpc) is 2.29. The molecule has 94 valence electrons. The number of carbonyl (C=O) groups excluding carboxylic acids is 1. The second kappa shape index (κ2) is 6.21. The predicted octanol–water partition coefficient (Wildman–Crippen LogP) is 0.871. The minimum Gasteiger partial charge on any atom is -0.380 e. The molecule has 0 bridgehead atoms. The number of likely N-dealkylation sites (N-methyl/N-ethyl adjacent to an activating group) is 1. The molecule has 1 rings (SSSR count). The lowest BCUT2D eigenvalue weighted by Crippen LogP contribution is -2.47. The molecule has 0 aliphatic carbocycles. The summed E-state index contributed by atoms with van der Waals surface area (Å²) in [7, 11) is 1.87. The highest BCUT2D eigenvalue weighted by Crippen LogP contribution is 2.29. The number of hydrogen-bond donors (Lipinski definition) is 1. The summed E-state index contributed by atoms with van der Waals surface area (Å²) in [5, 5.41) is 3.29. The lowest BCUT2D eigenvalue weighted by molar-refractivity contribution is -0.142. The fourth-order valence-corrected chi connectivity index (χ4v) is 2.10. The minimum atomic E-state index is -0.174. The molecule has 0 atom stereocenters. The van der Waals surface area contributed by atoms with Crippen LogP contribution in [0.3, 0.4) is 0 Å². The molecule has 1 amide bonds. The first-order valence-electron chi connectivity index (χ1n) is 6.14. The van der Waals surface area contributed by atoms with Crippen LogP contribution in [0.2, 0.25) is 0 Å². The van der Waals surface area contributed by atoms with E-state index < -0.39 is 0 Å². The Hall–Kier alpha value is -0.610. The molecule has 16 heavy (non-hydrogen) atoms. The van der Waals surface area contributed by atoms with Gasteiger partial charge in [0.25, 0.3) is 0 Å². The summed E-state index contributed by atoms with van der Waals surface area (Å²) in [6.07, 6.45) is 1.87. The van der Waals surface area contributed by atoms with E-state index in [0.717, 1.165) is 25.9 Å². The highest BCUT2D eigenvalue weighted by Gasteiger charge is 2.36. The van der Waals surface area contributed by atoms with Crippen LogP contribution >= 0.6 is 0 Å². The van der Waals surface area contributed by atoms with Crippen molar-refractivity contribution >= 4 is 5.91 Å². The van der Waals surface area contributed by atoms with Crippen LogP contribution in [0.25, 0.3) is 0 Å². The third-order valence-electron chi connectivity index (χ3n) is 3.35. The van der Waals surface area contributed by atoms with E-state index in [1.54, 1.807) is 4.90 Å². The molecular weight excluding hydrogens is 204 g/mol. The Bertz CT molecular complexity index is 225. The molecule has 1 aliphatic rings. The van der Waals surface area contributed by atoms with Crippen LogP contribution < -0.4 is 5.32 Å². The Morgan fingerprint density at radius 2 is 2.06 bits per heavy atom. The maximum Gasteiger partial charge on any atom is 0.228 e. The molecular formula is C12H24N2O2. The third-order valence-corrected chi connectivity index (χ3v) is 3.35. The van der Waals surface area contributed by atoms with Gasteiger partial charge >= 0.3 is 0 Å². The number of hydrogen-bond acceptors (Lipinski definition) is 3. The van der Waals surface area contributed by atoms with Gasteiger partial charge in [-0.25, -0.2) is 0 Å². The van der Waals surface area contributed by atoms with E-state index in [4.69, 9.17) is 4.74 Å². The molecule has 1 fully saturated rings. The van der Waals surface area contributed by atoms with Gasteiger partial charge in [0.1, 0.15) is 0 Å². The molecule has 1 aliphatic heterocycles. The van der Waals surface area contributed by atoms with Crippen molar-refractivity contribution in [1.82, 2.24) is 10.2 Å². The first kappa shape index (κ1) is 13.5. The van der Waals surface area contributed by atoms with Crippen LogP contribution in [0.4, 0.5) is 0 Å². The third kappa shape index (κ3) is 3.46. The van der Waals surface area contributed by atoms with Crippen molar-refractivity contribution in [1.29, 1.82) is 0 Å². The molecule has 0 spiro atoms. The Kier molecular flexibility index (Phi) is 5.22. The smallest absolute Gasteiger partial charge is 0.228 e. The van der Waals surface area contributed by atoms with E-state index in [9.17, 15) is 4.79 Å². The first-order chi connectivity index (χ1) is 7.60. The van der Waals surface area contributed by atoms with Crippen molar-refractivity contribution in [2.75, 3.05) is 39.9 Å². The Labute approximate surface area is 98.3 Å². The highest BCUT2D eigenvalue weighted by atomic mass is 16.5. The van der Waals surface area contributed by atoms with Gasteiger partial charge in [0.05, 0.1) is 6.61 Å². The normalized spacial score (nSPS) is 19.4. The monoisotopic (exact) mass is 228 g/mol.